The van der Waals surface area contributed by atoms with Crippen LogP contribution in [0.25, 0.3) is 11.4 Å². The second kappa shape index (κ2) is 7.16. The molecule has 0 bridgehead atoms. The van der Waals surface area contributed by atoms with Crippen molar-refractivity contribution < 1.29 is 4.74 Å². The van der Waals surface area contributed by atoms with E-state index >= 15 is 0 Å². The van der Waals surface area contributed by atoms with Gasteiger partial charge in [0.15, 0.2) is 10.6 Å². The molecular formula is C13H18N4OS. The maximum atomic E-state index is 5.48. The normalized spacial score (nSPS) is 10.8. The lowest BCUT2D eigenvalue weighted by atomic mass is 10.2. The van der Waals surface area contributed by atoms with E-state index in [-0.39, 0.29) is 0 Å². The zero-order valence-corrected chi connectivity index (χ0v) is 11.8. The van der Waals surface area contributed by atoms with Gasteiger partial charge in [-0.2, -0.15) is 5.10 Å². The number of aromatic amines is 1. The van der Waals surface area contributed by atoms with Gasteiger partial charge in [-0.3, -0.25) is 10.1 Å². The van der Waals surface area contributed by atoms with Crippen molar-refractivity contribution in [2.75, 3.05) is 13.2 Å². The van der Waals surface area contributed by atoms with Crippen LogP contribution in [0.15, 0.2) is 24.5 Å². The Morgan fingerprint density at radius 2 is 2.32 bits per heavy atom. The van der Waals surface area contributed by atoms with Gasteiger partial charge in [-0.1, -0.05) is 6.92 Å². The van der Waals surface area contributed by atoms with E-state index in [1.54, 1.807) is 12.4 Å². The van der Waals surface area contributed by atoms with Gasteiger partial charge < -0.3 is 9.30 Å². The van der Waals surface area contributed by atoms with Gasteiger partial charge in [-0.15, -0.1) is 0 Å². The Hall–Kier alpha value is -1.53. The van der Waals surface area contributed by atoms with E-state index in [2.05, 4.69) is 22.1 Å². The van der Waals surface area contributed by atoms with Crippen LogP contribution < -0.4 is 0 Å². The Morgan fingerprint density at radius 1 is 1.42 bits per heavy atom. The summed E-state index contributed by atoms with van der Waals surface area (Å²) >= 11 is 5.26. The van der Waals surface area contributed by atoms with E-state index in [4.69, 9.17) is 17.0 Å². The number of hydrogen-bond acceptors (Lipinski definition) is 4. The third-order valence-electron chi connectivity index (χ3n) is 2.70. The average Bonchev–Trinajstić information content (AvgIpc) is 2.81. The summed E-state index contributed by atoms with van der Waals surface area (Å²) in [4.78, 5) is 4.11. The van der Waals surface area contributed by atoms with Gasteiger partial charge in [0.2, 0.25) is 0 Å². The van der Waals surface area contributed by atoms with Crippen molar-refractivity contribution in [2.24, 2.45) is 0 Å². The van der Waals surface area contributed by atoms with Crippen LogP contribution in [-0.2, 0) is 11.3 Å². The summed E-state index contributed by atoms with van der Waals surface area (Å²) in [5.74, 6) is 0.827. The van der Waals surface area contributed by atoms with Crippen LogP contribution in [0.3, 0.4) is 0 Å². The van der Waals surface area contributed by atoms with Crippen molar-refractivity contribution in [1.82, 2.24) is 19.7 Å². The summed E-state index contributed by atoms with van der Waals surface area (Å²) in [6, 6.07) is 3.86. The quantitative estimate of drug-likeness (QED) is 0.625. The third-order valence-corrected chi connectivity index (χ3v) is 3.01. The molecule has 1 N–H and O–H groups in total. The fraction of sp³-hybridized carbons (Fsp3) is 0.462. The highest BCUT2D eigenvalue weighted by Gasteiger charge is 2.08. The van der Waals surface area contributed by atoms with Crippen LogP contribution in [0.2, 0.25) is 0 Å². The molecule has 0 spiro atoms. The van der Waals surface area contributed by atoms with Crippen LogP contribution in [0.5, 0.6) is 0 Å². The molecule has 0 saturated heterocycles. The fourth-order valence-electron chi connectivity index (χ4n) is 1.81. The first-order valence-corrected chi connectivity index (χ1v) is 6.87. The Bertz CT molecular complexity index is 549. The molecule has 19 heavy (non-hydrogen) atoms. The lowest BCUT2D eigenvalue weighted by Gasteiger charge is -2.07. The molecule has 0 amide bonds. The molecule has 0 unspecified atom stereocenters. The van der Waals surface area contributed by atoms with Crippen LogP contribution in [0, 0.1) is 4.77 Å². The van der Waals surface area contributed by atoms with Crippen LogP contribution in [0.1, 0.15) is 19.8 Å². The molecule has 2 rings (SSSR count). The molecule has 2 heterocycles. The van der Waals surface area contributed by atoms with Gasteiger partial charge in [-0.05, 0) is 37.2 Å². The Labute approximate surface area is 117 Å². The number of aromatic nitrogens is 4. The van der Waals surface area contributed by atoms with E-state index in [0.29, 0.717) is 4.77 Å². The van der Waals surface area contributed by atoms with Crippen molar-refractivity contribution in [1.29, 1.82) is 0 Å². The molecular weight excluding hydrogens is 260 g/mol. The van der Waals surface area contributed by atoms with Gasteiger partial charge in [0.05, 0.1) is 0 Å². The van der Waals surface area contributed by atoms with Crippen LogP contribution >= 0.6 is 12.2 Å². The topological polar surface area (TPSA) is 55.7 Å². The molecule has 0 fully saturated rings. The first kappa shape index (κ1) is 13.9. The fourth-order valence-corrected chi connectivity index (χ4v) is 2.04. The van der Waals surface area contributed by atoms with E-state index in [9.17, 15) is 0 Å². The summed E-state index contributed by atoms with van der Waals surface area (Å²) in [5.41, 5.74) is 0.962. The molecule has 2 aromatic rings. The highest BCUT2D eigenvalue weighted by atomic mass is 32.1. The predicted molar refractivity (Wildman–Crippen MR) is 76.4 cm³/mol. The second-order valence-electron chi connectivity index (χ2n) is 4.21. The minimum atomic E-state index is 0.634. The van der Waals surface area contributed by atoms with E-state index in [1.165, 1.54) is 0 Å². The summed E-state index contributed by atoms with van der Waals surface area (Å²) in [5, 5.41) is 7.10. The summed E-state index contributed by atoms with van der Waals surface area (Å²) in [6.07, 6.45) is 5.50. The van der Waals surface area contributed by atoms with Crippen molar-refractivity contribution in [3.05, 3.63) is 29.3 Å². The molecule has 2 aromatic heterocycles. The maximum Gasteiger partial charge on any atom is 0.195 e. The van der Waals surface area contributed by atoms with Crippen LogP contribution in [-0.4, -0.2) is 33.0 Å². The van der Waals surface area contributed by atoms with Gasteiger partial charge >= 0.3 is 0 Å². The van der Waals surface area contributed by atoms with E-state index in [1.807, 2.05) is 16.7 Å². The SMILES string of the molecule is CCCOCCCn1c(-c2cccnc2)n[nH]c1=S. The summed E-state index contributed by atoms with van der Waals surface area (Å²) in [7, 11) is 0. The van der Waals surface area contributed by atoms with Crippen LogP contribution in [0.4, 0.5) is 0 Å². The number of pyridine rings is 1. The molecule has 0 radical (unpaired) electrons. The average molecular weight is 278 g/mol. The maximum absolute atomic E-state index is 5.48. The molecule has 0 saturated carbocycles. The molecule has 6 heteroatoms. The lowest BCUT2D eigenvalue weighted by Crippen LogP contribution is -2.05. The molecule has 102 valence electrons. The number of H-pyrrole nitrogens is 1. The van der Waals surface area contributed by atoms with Crippen molar-refractivity contribution in [2.45, 2.75) is 26.3 Å². The van der Waals surface area contributed by atoms with Crippen molar-refractivity contribution in [3.8, 4) is 11.4 Å². The first-order valence-electron chi connectivity index (χ1n) is 6.46. The number of nitrogens with one attached hydrogen (secondary N) is 1. The van der Waals surface area contributed by atoms with E-state index in [0.717, 1.165) is 44.0 Å². The molecule has 0 aliphatic rings. The highest BCUT2D eigenvalue weighted by Crippen LogP contribution is 2.15. The zero-order chi connectivity index (χ0) is 13.5. The minimum Gasteiger partial charge on any atom is -0.381 e. The minimum absolute atomic E-state index is 0.634. The molecule has 0 aromatic carbocycles. The first-order chi connectivity index (χ1) is 9.33. The Morgan fingerprint density at radius 3 is 3.05 bits per heavy atom. The van der Waals surface area contributed by atoms with Gasteiger partial charge in [0.1, 0.15) is 0 Å². The summed E-state index contributed by atoms with van der Waals surface area (Å²) < 4.78 is 8.10. The molecule has 0 aliphatic heterocycles. The van der Waals surface area contributed by atoms with Gasteiger partial charge in [0.25, 0.3) is 0 Å². The number of nitrogens with zero attached hydrogens (tertiary/aromatic N) is 3. The predicted octanol–water partition coefficient (Wildman–Crippen LogP) is 2.82. The second-order valence-corrected chi connectivity index (χ2v) is 4.60. The monoisotopic (exact) mass is 278 g/mol. The Balaban J connectivity index is 2.04. The third kappa shape index (κ3) is 3.71. The van der Waals surface area contributed by atoms with Crippen molar-refractivity contribution in [3.63, 3.8) is 0 Å². The number of ether oxygens (including phenoxy) is 1. The largest absolute Gasteiger partial charge is 0.381 e. The van der Waals surface area contributed by atoms with E-state index < -0.39 is 0 Å². The number of rotatable bonds is 7. The Kier molecular flexibility index (Phi) is 5.23. The molecule has 5 nitrogen and oxygen atoms in total. The zero-order valence-electron chi connectivity index (χ0n) is 11.0. The van der Waals surface area contributed by atoms with Crippen molar-refractivity contribution >= 4 is 12.2 Å². The van der Waals surface area contributed by atoms with Gasteiger partial charge in [-0.25, -0.2) is 0 Å². The lowest BCUT2D eigenvalue weighted by molar-refractivity contribution is 0.129. The number of hydrogen-bond donors (Lipinski definition) is 1. The molecule has 0 aliphatic carbocycles. The van der Waals surface area contributed by atoms with Gasteiger partial charge in [0, 0.05) is 37.7 Å². The summed E-state index contributed by atoms with van der Waals surface area (Å²) in [6.45, 7) is 4.45. The smallest absolute Gasteiger partial charge is 0.195 e. The molecule has 0 atom stereocenters. The highest BCUT2D eigenvalue weighted by molar-refractivity contribution is 7.71. The standard InChI is InChI=1S/C13H18N4OS/c1-2-8-18-9-4-7-17-12(15-16-13(17)19)11-5-3-6-14-10-11/h3,5-6,10H,2,4,7-9H2,1H3,(H,16,19).